The summed E-state index contributed by atoms with van der Waals surface area (Å²) in [5.41, 5.74) is 2.81. The number of anilines is 1. The van der Waals surface area contributed by atoms with Gasteiger partial charge in [-0.05, 0) is 69.4 Å². The number of benzene rings is 1. The minimum atomic E-state index is 0.830. The molecule has 2 heterocycles. The Morgan fingerprint density at radius 1 is 1.10 bits per heavy atom. The van der Waals surface area contributed by atoms with Crippen molar-refractivity contribution in [2.75, 3.05) is 38.0 Å². The Bertz CT molecular complexity index is 406. The van der Waals surface area contributed by atoms with Crippen LogP contribution in [-0.4, -0.2) is 37.6 Å². The van der Waals surface area contributed by atoms with Gasteiger partial charge in [0.25, 0.3) is 0 Å². The number of hydrogen-bond donors (Lipinski definition) is 2. The zero-order chi connectivity index (χ0) is 13.6. The van der Waals surface area contributed by atoms with Gasteiger partial charge in [-0.1, -0.05) is 18.2 Å². The molecule has 110 valence electrons. The van der Waals surface area contributed by atoms with Crippen molar-refractivity contribution in [2.24, 2.45) is 5.92 Å². The fourth-order valence-electron chi connectivity index (χ4n) is 3.35. The highest BCUT2D eigenvalue weighted by atomic mass is 15.1. The normalized spacial score (nSPS) is 21.2. The maximum atomic E-state index is 3.70. The summed E-state index contributed by atoms with van der Waals surface area (Å²) >= 11 is 0. The lowest BCUT2D eigenvalue weighted by atomic mass is 9.98. The highest BCUT2D eigenvalue weighted by molar-refractivity contribution is 5.51. The van der Waals surface area contributed by atoms with E-state index >= 15 is 0 Å². The largest absolute Gasteiger partial charge is 0.385 e. The van der Waals surface area contributed by atoms with Crippen LogP contribution in [0.15, 0.2) is 24.3 Å². The average Bonchev–Trinajstić information content (AvgIpc) is 3.00. The van der Waals surface area contributed by atoms with Crippen LogP contribution in [0.25, 0.3) is 0 Å². The van der Waals surface area contributed by atoms with Crippen molar-refractivity contribution in [1.29, 1.82) is 0 Å². The molecule has 0 aromatic heterocycles. The van der Waals surface area contributed by atoms with E-state index in [1.165, 1.54) is 63.1 Å². The maximum absolute atomic E-state index is 3.70. The molecule has 1 aromatic carbocycles. The summed E-state index contributed by atoms with van der Waals surface area (Å²) in [6.45, 7) is 7.13. The molecular weight excluding hydrogens is 246 g/mol. The predicted molar refractivity (Wildman–Crippen MR) is 85.0 cm³/mol. The molecule has 20 heavy (non-hydrogen) atoms. The Labute approximate surface area is 122 Å². The number of nitrogens with one attached hydrogen (secondary N) is 2. The van der Waals surface area contributed by atoms with Gasteiger partial charge in [0.1, 0.15) is 0 Å². The summed E-state index contributed by atoms with van der Waals surface area (Å²) in [6.07, 6.45) is 5.35. The SMILES string of the molecule is c1ccc(NCC2CCNCC2)c(CN2CCCC2)c1. The third kappa shape index (κ3) is 3.74. The van der Waals surface area contributed by atoms with Crippen molar-refractivity contribution in [3.63, 3.8) is 0 Å². The molecule has 0 unspecified atom stereocenters. The monoisotopic (exact) mass is 273 g/mol. The van der Waals surface area contributed by atoms with Crippen LogP contribution in [0, 0.1) is 5.92 Å². The molecule has 0 spiro atoms. The van der Waals surface area contributed by atoms with Crippen molar-refractivity contribution < 1.29 is 0 Å². The Kier molecular flexibility index (Phi) is 4.93. The van der Waals surface area contributed by atoms with E-state index < -0.39 is 0 Å². The molecule has 0 bridgehead atoms. The van der Waals surface area contributed by atoms with Crippen molar-refractivity contribution in [2.45, 2.75) is 32.2 Å². The molecule has 1 aromatic rings. The molecule has 2 N–H and O–H groups in total. The van der Waals surface area contributed by atoms with Crippen LogP contribution in [0.3, 0.4) is 0 Å². The third-order valence-electron chi connectivity index (χ3n) is 4.65. The minimum Gasteiger partial charge on any atom is -0.385 e. The summed E-state index contributed by atoms with van der Waals surface area (Å²) in [5.74, 6) is 0.830. The molecular formula is C17H27N3. The van der Waals surface area contributed by atoms with Gasteiger partial charge in [-0.3, -0.25) is 4.90 Å². The standard InChI is InChI=1S/C17H27N3/c1-2-6-17(19-13-15-7-9-18-10-8-15)16(5-1)14-20-11-3-4-12-20/h1-2,5-6,15,18-19H,3-4,7-14H2. The number of nitrogens with zero attached hydrogens (tertiary/aromatic N) is 1. The van der Waals surface area contributed by atoms with Gasteiger partial charge in [0.2, 0.25) is 0 Å². The Morgan fingerprint density at radius 3 is 2.65 bits per heavy atom. The van der Waals surface area contributed by atoms with E-state index in [0.29, 0.717) is 0 Å². The van der Waals surface area contributed by atoms with E-state index in [1.807, 2.05) is 0 Å². The second kappa shape index (κ2) is 7.09. The second-order valence-electron chi connectivity index (χ2n) is 6.21. The summed E-state index contributed by atoms with van der Waals surface area (Å²) in [4.78, 5) is 2.57. The first-order valence-electron chi connectivity index (χ1n) is 8.16. The molecule has 0 saturated carbocycles. The number of piperidine rings is 1. The van der Waals surface area contributed by atoms with E-state index in [0.717, 1.165) is 19.0 Å². The van der Waals surface area contributed by atoms with Crippen molar-refractivity contribution in [3.8, 4) is 0 Å². The second-order valence-corrected chi connectivity index (χ2v) is 6.21. The minimum absolute atomic E-state index is 0.830. The summed E-state index contributed by atoms with van der Waals surface area (Å²) in [5, 5.41) is 7.14. The molecule has 3 nitrogen and oxygen atoms in total. The van der Waals surface area contributed by atoms with Crippen molar-refractivity contribution >= 4 is 5.69 Å². The number of likely N-dealkylation sites (tertiary alicyclic amines) is 1. The number of hydrogen-bond acceptors (Lipinski definition) is 3. The molecule has 3 rings (SSSR count). The van der Waals surface area contributed by atoms with Crippen LogP contribution in [0.1, 0.15) is 31.2 Å². The molecule has 2 aliphatic heterocycles. The van der Waals surface area contributed by atoms with Crippen LogP contribution in [-0.2, 0) is 6.54 Å². The van der Waals surface area contributed by atoms with Crippen LogP contribution in [0.4, 0.5) is 5.69 Å². The topological polar surface area (TPSA) is 27.3 Å². The van der Waals surface area contributed by atoms with Gasteiger partial charge < -0.3 is 10.6 Å². The molecule has 0 atom stereocenters. The molecule has 0 amide bonds. The van der Waals surface area contributed by atoms with E-state index in [9.17, 15) is 0 Å². The van der Waals surface area contributed by atoms with Gasteiger partial charge in [0, 0.05) is 18.8 Å². The maximum Gasteiger partial charge on any atom is 0.0385 e. The van der Waals surface area contributed by atoms with Crippen molar-refractivity contribution in [1.82, 2.24) is 10.2 Å². The van der Waals surface area contributed by atoms with Gasteiger partial charge >= 0.3 is 0 Å². The fraction of sp³-hybridized carbons (Fsp3) is 0.647. The van der Waals surface area contributed by atoms with Gasteiger partial charge in [-0.15, -0.1) is 0 Å². The van der Waals surface area contributed by atoms with Crippen LogP contribution < -0.4 is 10.6 Å². The van der Waals surface area contributed by atoms with E-state index in [4.69, 9.17) is 0 Å². The first-order chi connectivity index (χ1) is 9.92. The van der Waals surface area contributed by atoms with E-state index in [2.05, 4.69) is 39.8 Å². The molecule has 2 aliphatic rings. The Morgan fingerprint density at radius 2 is 1.85 bits per heavy atom. The van der Waals surface area contributed by atoms with Gasteiger partial charge in [-0.25, -0.2) is 0 Å². The van der Waals surface area contributed by atoms with E-state index in [1.54, 1.807) is 0 Å². The first-order valence-corrected chi connectivity index (χ1v) is 8.16. The fourth-order valence-corrected chi connectivity index (χ4v) is 3.35. The third-order valence-corrected chi connectivity index (χ3v) is 4.65. The lowest BCUT2D eigenvalue weighted by Crippen LogP contribution is -2.31. The van der Waals surface area contributed by atoms with Crippen LogP contribution >= 0.6 is 0 Å². The Hall–Kier alpha value is -1.06. The van der Waals surface area contributed by atoms with Crippen molar-refractivity contribution in [3.05, 3.63) is 29.8 Å². The molecule has 0 radical (unpaired) electrons. The summed E-state index contributed by atoms with van der Waals surface area (Å²) in [6, 6.07) is 8.84. The molecule has 2 fully saturated rings. The first kappa shape index (κ1) is 13.9. The average molecular weight is 273 g/mol. The Balaban J connectivity index is 1.57. The smallest absolute Gasteiger partial charge is 0.0385 e. The predicted octanol–water partition coefficient (Wildman–Crippen LogP) is 2.69. The number of rotatable bonds is 5. The lowest BCUT2D eigenvalue weighted by molar-refractivity contribution is 0.331. The zero-order valence-corrected chi connectivity index (χ0v) is 12.4. The highest BCUT2D eigenvalue weighted by Gasteiger charge is 2.15. The summed E-state index contributed by atoms with van der Waals surface area (Å²) < 4.78 is 0. The van der Waals surface area contributed by atoms with Gasteiger partial charge in [0.05, 0.1) is 0 Å². The van der Waals surface area contributed by atoms with Gasteiger partial charge in [0.15, 0.2) is 0 Å². The highest BCUT2D eigenvalue weighted by Crippen LogP contribution is 2.21. The molecule has 0 aliphatic carbocycles. The van der Waals surface area contributed by atoms with E-state index in [-0.39, 0.29) is 0 Å². The lowest BCUT2D eigenvalue weighted by Gasteiger charge is -2.24. The quantitative estimate of drug-likeness (QED) is 0.864. The van der Waals surface area contributed by atoms with Crippen LogP contribution in [0.5, 0.6) is 0 Å². The summed E-state index contributed by atoms with van der Waals surface area (Å²) in [7, 11) is 0. The number of para-hydroxylation sites is 1. The van der Waals surface area contributed by atoms with Gasteiger partial charge in [-0.2, -0.15) is 0 Å². The zero-order valence-electron chi connectivity index (χ0n) is 12.4. The van der Waals surface area contributed by atoms with Crippen LogP contribution in [0.2, 0.25) is 0 Å². The molecule has 3 heteroatoms. The molecule has 2 saturated heterocycles.